The van der Waals surface area contributed by atoms with Crippen LogP contribution in [0.2, 0.25) is 0 Å². The van der Waals surface area contributed by atoms with Crippen molar-refractivity contribution >= 4 is 5.84 Å². The van der Waals surface area contributed by atoms with Crippen molar-refractivity contribution in [2.45, 2.75) is 58.7 Å². The molecule has 0 amide bonds. The number of aromatic hydroxyl groups is 1. The second-order valence-corrected chi connectivity index (χ2v) is 9.34. The Kier molecular flexibility index (Phi) is 5.26. The zero-order chi connectivity index (χ0) is 19.8. The Morgan fingerprint density at radius 1 is 1.11 bits per heavy atom. The summed E-state index contributed by atoms with van der Waals surface area (Å²) in [7, 11) is 0. The molecule has 3 aliphatic rings. The Bertz CT molecular complexity index is 752. The lowest BCUT2D eigenvalue weighted by Gasteiger charge is -2.35. The summed E-state index contributed by atoms with van der Waals surface area (Å²) in [6.07, 6.45) is 4.44. The summed E-state index contributed by atoms with van der Waals surface area (Å²) >= 11 is 0. The van der Waals surface area contributed by atoms with Crippen LogP contribution in [0.25, 0.3) is 0 Å². The molecular weight excluding hydrogens is 348 g/mol. The molecule has 1 fully saturated rings. The van der Waals surface area contributed by atoms with Gasteiger partial charge in [0.05, 0.1) is 18.6 Å². The zero-order valence-corrected chi connectivity index (χ0v) is 17.6. The van der Waals surface area contributed by atoms with E-state index in [9.17, 15) is 5.11 Å². The quantitative estimate of drug-likeness (QED) is 0.821. The number of benzene rings is 1. The molecule has 4 rings (SSSR count). The van der Waals surface area contributed by atoms with Crippen LogP contribution in [0.5, 0.6) is 5.75 Å². The highest BCUT2D eigenvalue weighted by atomic mass is 16.3. The average molecular weight is 383 g/mol. The fourth-order valence-electron chi connectivity index (χ4n) is 4.85. The summed E-state index contributed by atoms with van der Waals surface area (Å²) in [5.41, 5.74) is 1.27. The third-order valence-electron chi connectivity index (χ3n) is 6.26. The fraction of sp³-hybridized carbons (Fsp3) is 0.609. The normalized spacial score (nSPS) is 26.7. The molecule has 0 aromatic heterocycles. The topological polar surface area (TPSA) is 51.1 Å². The summed E-state index contributed by atoms with van der Waals surface area (Å²) in [4.78, 5) is 9.98. The number of hydrogen-bond acceptors (Lipinski definition) is 5. The second-order valence-electron chi connectivity index (χ2n) is 9.34. The molecule has 1 aromatic carbocycles. The molecule has 5 heteroatoms. The van der Waals surface area contributed by atoms with Crippen molar-refractivity contribution in [3.8, 4) is 5.75 Å². The molecule has 5 nitrogen and oxygen atoms in total. The van der Waals surface area contributed by atoms with E-state index in [-0.39, 0.29) is 0 Å². The summed E-state index contributed by atoms with van der Waals surface area (Å²) in [6.45, 7) is 12.1. The maximum absolute atomic E-state index is 9.64. The molecule has 0 unspecified atom stereocenters. The molecule has 0 spiro atoms. The van der Waals surface area contributed by atoms with E-state index < -0.39 is 0 Å². The van der Waals surface area contributed by atoms with Crippen LogP contribution in [-0.4, -0.2) is 58.5 Å². The van der Waals surface area contributed by atoms with Crippen LogP contribution in [0.1, 0.15) is 39.7 Å². The van der Waals surface area contributed by atoms with Crippen LogP contribution in [-0.2, 0) is 6.42 Å². The van der Waals surface area contributed by atoms with E-state index in [4.69, 9.17) is 4.99 Å². The standard InChI is InChI=1S/C23H34N4O/c1-15(2)9-18-13-26-19(10-17-5-7-20(28)8-6-17)14-27-21(16(3)4)12-24-22(27)11-23(26)25-18/h5-8,11,15-16,18-19,21,25,28H,9-10,12-14H2,1-4H3/t18-,19-,21+/m0/s1. The Balaban J connectivity index is 1.61. The van der Waals surface area contributed by atoms with Crippen LogP contribution >= 0.6 is 0 Å². The Hall–Kier alpha value is -2.17. The molecule has 3 atom stereocenters. The van der Waals surface area contributed by atoms with Gasteiger partial charge < -0.3 is 20.2 Å². The smallest absolute Gasteiger partial charge is 0.127 e. The van der Waals surface area contributed by atoms with Gasteiger partial charge in [0, 0.05) is 25.2 Å². The van der Waals surface area contributed by atoms with Gasteiger partial charge in [-0.15, -0.1) is 0 Å². The maximum Gasteiger partial charge on any atom is 0.127 e. The third-order valence-corrected chi connectivity index (χ3v) is 6.26. The Morgan fingerprint density at radius 2 is 1.86 bits per heavy atom. The van der Waals surface area contributed by atoms with E-state index >= 15 is 0 Å². The van der Waals surface area contributed by atoms with Gasteiger partial charge in [0.25, 0.3) is 0 Å². The lowest BCUT2D eigenvalue weighted by Crippen LogP contribution is -2.47. The van der Waals surface area contributed by atoms with E-state index in [0.29, 0.717) is 35.7 Å². The molecule has 0 radical (unpaired) electrons. The predicted octanol–water partition coefficient (Wildman–Crippen LogP) is 3.22. The molecule has 0 bridgehead atoms. The van der Waals surface area contributed by atoms with Crippen molar-refractivity contribution in [2.24, 2.45) is 16.8 Å². The number of nitrogens with one attached hydrogen (secondary N) is 1. The molecule has 1 aromatic rings. The molecular formula is C23H34N4O. The SMILES string of the molecule is CC(C)C[C@H]1CN2C(=CC3=NC[C@H](C(C)C)N3C[C@@H]2Cc2ccc(O)cc2)N1. The van der Waals surface area contributed by atoms with Crippen molar-refractivity contribution in [3.63, 3.8) is 0 Å². The minimum atomic E-state index is 0.332. The number of hydrogen-bond donors (Lipinski definition) is 2. The average Bonchev–Trinajstić information content (AvgIpc) is 3.17. The van der Waals surface area contributed by atoms with Crippen molar-refractivity contribution < 1.29 is 5.11 Å². The number of rotatable bonds is 5. The summed E-state index contributed by atoms with van der Waals surface area (Å²) in [5.74, 6) is 3.98. The van der Waals surface area contributed by atoms with E-state index in [1.54, 1.807) is 12.1 Å². The largest absolute Gasteiger partial charge is 0.508 e. The van der Waals surface area contributed by atoms with Crippen LogP contribution < -0.4 is 5.32 Å². The van der Waals surface area contributed by atoms with E-state index in [1.165, 1.54) is 17.8 Å². The number of amidine groups is 1. The minimum absolute atomic E-state index is 0.332. The molecule has 0 saturated carbocycles. The lowest BCUT2D eigenvalue weighted by molar-refractivity contribution is 0.194. The molecule has 152 valence electrons. The number of aliphatic imine (C=N–C) groups is 1. The minimum Gasteiger partial charge on any atom is -0.508 e. The molecule has 1 saturated heterocycles. The van der Waals surface area contributed by atoms with Crippen molar-refractivity contribution in [1.82, 2.24) is 15.1 Å². The van der Waals surface area contributed by atoms with Gasteiger partial charge in [-0.2, -0.15) is 0 Å². The summed E-state index contributed by atoms with van der Waals surface area (Å²) < 4.78 is 0. The highest BCUT2D eigenvalue weighted by Gasteiger charge is 2.39. The third kappa shape index (κ3) is 3.85. The highest BCUT2D eigenvalue weighted by Crippen LogP contribution is 2.30. The van der Waals surface area contributed by atoms with Gasteiger partial charge in [0.2, 0.25) is 0 Å². The first-order valence-corrected chi connectivity index (χ1v) is 10.7. The molecule has 0 aliphatic carbocycles. The van der Waals surface area contributed by atoms with Gasteiger partial charge in [0.15, 0.2) is 0 Å². The number of phenols is 1. The lowest BCUT2D eigenvalue weighted by atomic mass is 10.00. The van der Waals surface area contributed by atoms with Crippen molar-refractivity contribution in [3.05, 3.63) is 41.7 Å². The van der Waals surface area contributed by atoms with Crippen LogP contribution in [0.15, 0.2) is 41.2 Å². The number of fused-ring (bicyclic) bond motifs is 2. The van der Waals surface area contributed by atoms with Crippen molar-refractivity contribution in [2.75, 3.05) is 19.6 Å². The van der Waals surface area contributed by atoms with Gasteiger partial charge in [-0.3, -0.25) is 4.99 Å². The maximum atomic E-state index is 9.64. The van der Waals surface area contributed by atoms with Gasteiger partial charge in [-0.1, -0.05) is 39.8 Å². The molecule has 28 heavy (non-hydrogen) atoms. The first kappa shape index (κ1) is 19.2. The van der Waals surface area contributed by atoms with Crippen LogP contribution in [0.4, 0.5) is 0 Å². The summed E-state index contributed by atoms with van der Waals surface area (Å²) in [6, 6.07) is 9.09. The van der Waals surface area contributed by atoms with Gasteiger partial charge >= 0.3 is 0 Å². The van der Waals surface area contributed by atoms with Gasteiger partial charge in [0.1, 0.15) is 17.4 Å². The monoisotopic (exact) mass is 382 g/mol. The molecule has 2 N–H and O–H groups in total. The Morgan fingerprint density at radius 3 is 2.54 bits per heavy atom. The highest BCUT2D eigenvalue weighted by molar-refractivity contribution is 5.95. The second kappa shape index (κ2) is 7.69. The molecule has 3 heterocycles. The first-order chi connectivity index (χ1) is 13.4. The van der Waals surface area contributed by atoms with E-state index in [0.717, 1.165) is 31.9 Å². The predicted molar refractivity (Wildman–Crippen MR) is 114 cm³/mol. The van der Waals surface area contributed by atoms with Gasteiger partial charge in [-0.05, 0) is 42.4 Å². The van der Waals surface area contributed by atoms with Gasteiger partial charge in [-0.25, -0.2) is 0 Å². The first-order valence-electron chi connectivity index (χ1n) is 10.7. The van der Waals surface area contributed by atoms with Crippen LogP contribution in [0.3, 0.4) is 0 Å². The zero-order valence-electron chi connectivity index (χ0n) is 17.6. The Labute approximate surface area is 169 Å². The molecule has 3 aliphatic heterocycles. The number of nitrogens with zero attached hydrogens (tertiary/aromatic N) is 3. The van der Waals surface area contributed by atoms with Crippen molar-refractivity contribution in [1.29, 1.82) is 0 Å². The summed E-state index contributed by atoms with van der Waals surface area (Å²) in [5, 5.41) is 13.4. The van der Waals surface area contributed by atoms with E-state index in [2.05, 4.69) is 61.0 Å². The number of phenolic OH excluding ortho intramolecular Hbond substituents is 1. The van der Waals surface area contributed by atoms with E-state index in [1.807, 2.05) is 0 Å². The van der Waals surface area contributed by atoms with Crippen LogP contribution in [0, 0.1) is 11.8 Å². The fourth-order valence-corrected chi connectivity index (χ4v) is 4.85.